The number of nitrogens with one attached hydrogen (secondary N) is 1. The van der Waals surface area contributed by atoms with E-state index in [1.54, 1.807) is 6.21 Å². The van der Waals surface area contributed by atoms with Crippen LogP contribution in [-0.4, -0.2) is 23.8 Å². The minimum absolute atomic E-state index is 0.0837. The van der Waals surface area contributed by atoms with Crippen molar-refractivity contribution in [1.82, 2.24) is 5.43 Å². The van der Waals surface area contributed by atoms with Gasteiger partial charge in [0.25, 0.3) is 5.91 Å². The molecule has 0 radical (unpaired) electrons. The number of hydrogen-bond donors (Lipinski definition) is 2. The highest BCUT2D eigenvalue weighted by Crippen LogP contribution is 2.39. The highest BCUT2D eigenvalue weighted by atomic mass is 16.5. The van der Waals surface area contributed by atoms with Crippen molar-refractivity contribution in [2.45, 2.75) is 78.6 Å². The van der Waals surface area contributed by atoms with Crippen LogP contribution in [-0.2, 0) is 21.0 Å². The number of benzene rings is 2. The Bertz CT molecular complexity index is 952. The topological polar surface area (TPSA) is 70.9 Å². The summed E-state index contributed by atoms with van der Waals surface area (Å²) in [5.41, 5.74) is 5.55. The summed E-state index contributed by atoms with van der Waals surface area (Å²) in [6, 6.07) is 11.6. The first-order chi connectivity index (χ1) is 14.6. The van der Waals surface area contributed by atoms with Crippen LogP contribution in [0.3, 0.4) is 0 Å². The van der Waals surface area contributed by atoms with Gasteiger partial charge < -0.3 is 9.84 Å². The Morgan fingerprint density at radius 3 is 1.91 bits per heavy atom. The first kappa shape index (κ1) is 25.4. The Morgan fingerprint density at radius 1 is 0.906 bits per heavy atom. The summed E-state index contributed by atoms with van der Waals surface area (Å²) in [4.78, 5) is 12.3. The van der Waals surface area contributed by atoms with Gasteiger partial charge in [-0.25, -0.2) is 5.43 Å². The third-order valence-corrected chi connectivity index (χ3v) is 5.20. The van der Waals surface area contributed by atoms with Crippen molar-refractivity contribution in [3.63, 3.8) is 0 Å². The van der Waals surface area contributed by atoms with Crippen LogP contribution < -0.4 is 10.2 Å². The molecule has 2 rings (SSSR count). The predicted molar refractivity (Wildman–Crippen MR) is 132 cm³/mol. The summed E-state index contributed by atoms with van der Waals surface area (Å²) in [5.74, 6) is 0.676. The highest BCUT2D eigenvalue weighted by Gasteiger charge is 2.26. The normalized spacial score (nSPS) is 12.8. The highest BCUT2D eigenvalue weighted by molar-refractivity contribution is 5.84. The van der Waals surface area contributed by atoms with Gasteiger partial charge in [0.2, 0.25) is 0 Å². The van der Waals surface area contributed by atoms with E-state index in [0.717, 1.165) is 22.3 Å². The first-order valence-corrected chi connectivity index (χ1v) is 11.0. The number of ether oxygens (including phenoxy) is 1. The van der Waals surface area contributed by atoms with Crippen LogP contribution >= 0.6 is 0 Å². The van der Waals surface area contributed by atoms with Crippen LogP contribution in [0.15, 0.2) is 41.5 Å². The van der Waals surface area contributed by atoms with E-state index < -0.39 is 0 Å². The smallest absolute Gasteiger partial charge is 0.277 e. The van der Waals surface area contributed by atoms with Gasteiger partial charge in [0, 0.05) is 11.1 Å². The lowest BCUT2D eigenvalue weighted by Gasteiger charge is -2.27. The van der Waals surface area contributed by atoms with Crippen LogP contribution in [0.4, 0.5) is 0 Å². The zero-order valence-corrected chi connectivity index (χ0v) is 21.0. The van der Waals surface area contributed by atoms with Crippen molar-refractivity contribution in [1.29, 1.82) is 0 Å². The Labute approximate surface area is 192 Å². The third kappa shape index (κ3) is 6.59. The average Bonchev–Trinajstić information content (AvgIpc) is 2.65. The molecule has 32 heavy (non-hydrogen) atoms. The number of nitrogens with zero attached hydrogens (tertiary/aromatic N) is 1. The SMILES string of the molecule is CC(C)(C)c1ccccc1OCC(=O)N/N=C/c1cc(C(C)(C)C)c(O)c(C(C)(C)C)c1. The molecule has 0 aliphatic rings. The van der Waals surface area contributed by atoms with Crippen LogP contribution in [0.25, 0.3) is 0 Å². The summed E-state index contributed by atoms with van der Waals surface area (Å²) in [6.07, 6.45) is 1.60. The molecule has 2 aromatic carbocycles. The molecule has 2 aromatic rings. The van der Waals surface area contributed by atoms with E-state index in [1.807, 2.05) is 36.4 Å². The van der Waals surface area contributed by atoms with Gasteiger partial charge in [-0.1, -0.05) is 80.5 Å². The second-order valence-corrected chi connectivity index (χ2v) is 11.3. The number of phenolic OH excluding ortho intramolecular Hbond substituents is 1. The monoisotopic (exact) mass is 438 g/mol. The van der Waals surface area contributed by atoms with Gasteiger partial charge in [0.1, 0.15) is 11.5 Å². The number of carbonyl (C=O) groups is 1. The van der Waals surface area contributed by atoms with E-state index >= 15 is 0 Å². The van der Waals surface area contributed by atoms with E-state index in [0.29, 0.717) is 11.5 Å². The number of hydrogen-bond acceptors (Lipinski definition) is 4. The zero-order valence-electron chi connectivity index (χ0n) is 21.0. The number of rotatable bonds is 5. The molecule has 5 nitrogen and oxygen atoms in total. The number of carbonyl (C=O) groups excluding carboxylic acids is 1. The Morgan fingerprint density at radius 2 is 1.41 bits per heavy atom. The molecule has 0 unspecified atom stereocenters. The van der Waals surface area contributed by atoms with E-state index in [1.165, 1.54) is 0 Å². The fourth-order valence-electron chi connectivity index (χ4n) is 3.44. The molecule has 0 bridgehead atoms. The van der Waals surface area contributed by atoms with Gasteiger partial charge in [-0.05, 0) is 45.6 Å². The molecule has 0 aliphatic carbocycles. The zero-order chi connectivity index (χ0) is 24.3. The molecule has 5 heteroatoms. The maximum Gasteiger partial charge on any atom is 0.277 e. The van der Waals surface area contributed by atoms with Crippen LogP contribution in [0.2, 0.25) is 0 Å². The lowest BCUT2D eigenvalue weighted by Crippen LogP contribution is -2.25. The number of aromatic hydroxyl groups is 1. The summed E-state index contributed by atoms with van der Waals surface area (Å²) >= 11 is 0. The number of hydrazone groups is 1. The van der Waals surface area contributed by atoms with Gasteiger partial charge in [-0.15, -0.1) is 0 Å². The average molecular weight is 439 g/mol. The van der Waals surface area contributed by atoms with E-state index in [9.17, 15) is 9.90 Å². The second-order valence-electron chi connectivity index (χ2n) is 11.3. The molecule has 0 saturated carbocycles. The van der Waals surface area contributed by atoms with Crippen LogP contribution in [0.1, 0.15) is 84.6 Å². The maximum absolute atomic E-state index is 12.3. The lowest BCUT2D eigenvalue weighted by atomic mass is 9.78. The van der Waals surface area contributed by atoms with Gasteiger partial charge in [-0.3, -0.25) is 4.79 Å². The van der Waals surface area contributed by atoms with Crippen molar-refractivity contribution in [3.05, 3.63) is 58.7 Å². The van der Waals surface area contributed by atoms with Crippen molar-refractivity contribution in [3.8, 4) is 11.5 Å². The fourth-order valence-corrected chi connectivity index (χ4v) is 3.44. The van der Waals surface area contributed by atoms with Crippen molar-refractivity contribution in [2.75, 3.05) is 6.61 Å². The summed E-state index contributed by atoms with van der Waals surface area (Å²) in [6.45, 7) is 18.6. The van der Waals surface area contributed by atoms with Gasteiger partial charge in [0.05, 0.1) is 6.21 Å². The van der Waals surface area contributed by atoms with Crippen LogP contribution in [0, 0.1) is 0 Å². The minimum Gasteiger partial charge on any atom is -0.507 e. The molecule has 0 aromatic heterocycles. The van der Waals surface area contributed by atoms with Gasteiger partial charge in [0.15, 0.2) is 6.61 Å². The third-order valence-electron chi connectivity index (χ3n) is 5.20. The summed E-state index contributed by atoms with van der Waals surface area (Å²) in [5, 5.41) is 14.9. The largest absolute Gasteiger partial charge is 0.507 e. The van der Waals surface area contributed by atoms with Gasteiger partial charge >= 0.3 is 0 Å². The molecule has 1 amide bonds. The van der Waals surface area contributed by atoms with Crippen molar-refractivity contribution >= 4 is 12.1 Å². The first-order valence-electron chi connectivity index (χ1n) is 11.0. The molecule has 0 spiro atoms. The molecule has 0 aliphatic heterocycles. The summed E-state index contributed by atoms with van der Waals surface area (Å²) in [7, 11) is 0. The number of para-hydroxylation sites is 1. The van der Waals surface area contributed by atoms with E-state index in [-0.39, 0.29) is 28.8 Å². The predicted octanol–water partition coefficient (Wildman–Crippen LogP) is 5.81. The molecular formula is C27H38N2O3. The number of phenols is 1. The van der Waals surface area contributed by atoms with E-state index in [4.69, 9.17) is 4.74 Å². The maximum atomic E-state index is 12.3. The lowest BCUT2D eigenvalue weighted by molar-refractivity contribution is -0.123. The second kappa shape index (κ2) is 9.35. The Kier molecular flexibility index (Phi) is 7.44. The molecule has 0 fully saturated rings. The molecule has 0 heterocycles. The molecule has 174 valence electrons. The van der Waals surface area contributed by atoms with Crippen LogP contribution in [0.5, 0.6) is 11.5 Å². The fraction of sp³-hybridized carbons (Fsp3) is 0.481. The molecular weight excluding hydrogens is 400 g/mol. The Balaban J connectivity index is 2.14. The molecule has 0 atom stereocenters. The van der Waals surface area contributed by atoms with E-state index in [2.05, 4.69) is 72.8 Å². The summed E-state index contributed by atoms with van der Waals surface area (Å²) < 4.78 is 5.75. The van der Waals surface area contributed by atoms with Gasteiger partial charge in [-0.2, -0.15) is 5.10 Å². The van der Waals surface area contributed by atoms with Crippen molar-refractivity contribution < 1.29 is 14.6 Å². The molecule has 2 N–H and O–H groups in total. The van der Waals surface area contributed by atoms with Crippen molar-refractivity contribution in [2.24, 2.45) is 5.10 Å². The molecule has 0 saturated heterocycles. The number of amides is 1. The minimum atomic E-state index is -0.337. The standard InChI is InChI=1S/C27H38N2O3/c1-25(2,3)19-12-10-11-13-22(19)32-17-23(30)29-28-16-18-14-20(26(4,5)6)24(31)21(15-18)27(7,8)9/h10-16,31H,17H2,1-9H3,(H,29,30)/b28-16+. The quantitative estimate of drug-likeness (QED) is 0.457. The Hall–Kier alpha value is -2.82.